The number of carbonyl (C=O) groups excluding carboxylic acids is 1. The Hall–Kier alpha value is -3.99. The van der Waals surface area contributed by atoms with E-state index in [1.807, 2.05) is 49.1 Å². The summed E-state index contributed by atoms with van der Waals surface area (Å²) >= 11 is 0. The maximum atomic E-state index is 13.4. The summed E-state index contributed by atoms with van der Waals surface area (Å²) in [6.07, 6.45) is 6.47. The van der Waals surface area contributed by atoms with Gasteiger partial charge in [-0.05, 0) is 54.3 Å². The molecule has 0 atom stereocenters. The van der Waals surface area contributed by atoms with Crippen LogP contribution in [0.1, 0.15) is 38.7 Å². The fourth-order valence-corrected chi connectivity index (χ4v) is 5.28. The molecule has 0 bridgehead atoms. The molecule has 10 nitrogen and oxygen atoms in total. The molecule has 0 saturated heterocycles. The average Bonchev–Trinajstić information content (AvgIpc) is 3.08. The van der Waals surface area contributed by atoms with Crippen molar-refractivity contribution in [2.24, 2.45) is 10.7 Å². The number of hydrogen-bond acceptors (Lipinski definition) is 8. The molecule has 0 aliphatic carbocycles. The second-order valence-electron chi connectivity index (χ2n) is 9.96. The van der Waals surface area contributed by atoms with Gasteiger partial charge in [0.15, 0.2) is 0 Å². The highest BCUT2D eigenvalue weighted by Crippen LogP contribution is 2.39. The number of fused-ring (bicyclic) bond motifs is 2. The molecular weight excluding hydrogens is 530 g/mol. The van der Waals surface area contributed by atoms with E-state index in [2.05, 4.69) is 10.1 Å². The number of rotatable bonds is 10. The first-order valence-electron chi connectivity index (χ1n) is 13.3. The van der Waals surface area contributed by atoms with Crippen molar-refractivity contribution in [3.8, 4) is 16.9 Å². The molecule has 1 aliphatic rings. The van der Waals surface area contributed by atoms with Crippen LogP contribution in [0, 0.1) is 0 Å². The van der Waals surface area contributed by atoms with E-state index in [-0.39, 0.29) is 30.2 Å². The van der Waals surface area contributed by atoms with Crippen LogP contribution in [0.5, 0.6) is 5.75 Å². The number of benzene rings is 2. The highest BCUT2D eigenvalue weighted by molar-refractivity contribution is 7.90. The van der Waals surface area contributed by atoms with E-state index in [9.17, 15) is 18.0 Å². The summed E-state index contributed by atoms with van der Waals surface area (Å²) in [5.41, 5.74) is 9.35. The van der Waals surface area contributed by atoms with Crippen LogP contribution in [0.2, 0.25) is 0 Å². The number of sulfone groups is 1. The van der Waals surface area contributed by atoms with Gasteiger partial charge in [-0.1, -0.05) is 19.9 Å². The Morgan fingerprint density at radius 2 is 1.85 bits per heavy atom. The minimum atomic E-state index is -3.23. The van der Waals surface area contributed by atoms with Gasteiger partial charge in [-0.15, -0.1) is 0 Å². The Bertz CT molecular complexity index is 1670. The van der Waals surface area contributed by atoms with Crippen LogP contribution in [-0.2, 0) is 21.2 Å². The van der Waals surface area contributed by atoms with E-state index in [0.717, 1.165) is 30.2 Å². The number of nitrogens with two attached hydrogens (primary N) is 1. The van der Waals surface area contributed by atoms with Crippen LogP contribution in [0.25, 0.3) is 28.0 Å². The van der Waals surface area contributed by atoms with Gasteiger partial charge in [-0.25, -0.2) is 18.1 Å². The van der Waals surface area contributed by atoms with E-state index in [1.165, 1.54) is 4.68 Å². The van der Waals surface area contributed by atoms with Gasteiger partial charge in [-0.3, -0.25) is 9.59 Å². The first-order valence-corrected chi connectivity index (χ1v) is 15.3. The Morgan fingerprint density at radius 3 is 2.50 bits per heavy atom. The molecule has 1 aromatic heterocycles. The van der Waals surface area contributed by atoms with E-state index in [4.69, 9.17) is 10.5 Å². The summed E-state index contributed by atoms with van der Waals surface area (Å²) in [5.74, 6) is 0.662. The Morgan fingerprint density at radius 1 is 1.12 bits per heavy atom. The van der Waals surface area contributed by atoms with Crippen molar-refractivity contribution >= 4 is 44.1 Å². The quantitative estimate of drug-likeness (QED) is 0.397. The van der Waals surface area contributed by atoms with Crippen molar-refractivity contribution in [2.75, 3.05) is 32.2 Å². The molecule has 2 aromatic carbocycles. The van der Waals surface area contributed by atoms with Crippen molar-refractivity contribution in [3.05, 3.63) is 58.0 Å². The third-order valence-corrected chi connectivity index (χ3v) is 7.63. The molecule has 0 saturated carbocycles. The number of amides is 1. The number of hydrogen-bond donors (Lipinski definition) is 1. The third-order valence-electron chi connectivity index (χ3n) is 6.70. The van der Waals surface area contributed by atoms with Gasteiger partial charge in [0.1, 0.15) is 21.4 Å². The van der Waals surface area contributed by atoms with Crippen LogP contribution in [-0.4, -0.2) is 67.0 Å². The summed E-state index contributed by atoms with van der Waals surface area (Å²) in [6.45, 7) is 5.42. The first-order chi connectivity index (χ1) is 19.0. The molecule has 1 aliphatic heterocycles. The number of aryl methyl sites for hydroxylation is 1. The summed E-state index contributed by atoms with van der Waals surface area (Å²) in [6, 6.07) is 9.11. The Kier molecular flexibility index (Phi) is 8.73. The normalized spacial score (nSPS) is 13.3. The fourth-order valence-electron chi connectivity index (χ4n) is 4.77. The molecule has 4 rings (SSSR count). The fraction of sp³-hybridized carbons (Fsp3) is 0.379. The SMILES string of the molecule is CCCN(CCC)C(=O)C1=Cc2c(cc(-c3ccc4c(=O)n(CCS(C)(=O)=O)ncc4c3)cc2OC)N=C(N)C1. The van der Waals surface area contributed by atoms with Crippen LogP contribution in [0.15, 0.2) is 51.9 Å². The van der Waals surface area contributed by atoms with Gasteiger partial charge < -0.3 is 15.4 Å². The molecule has 0 spiro atoms. The summed E-state index contributed by atoms with van der Waals surface area (Å²) in [5, 5.41) is 5.23. The molecular formula is C29H35N5O5S. The van der Waals surface area contributed by atoms with Crippen LogP contribution < -0.4 is 16.0 Å². The Balaban J connectivity index is 1.75. The lowest BCUT2D eigenvalue weighted by Crippen LogP contribution is -2.34. The summed E-state index contributed by atoms with van der Waals surface area (Å²) in [7, 11) is -1.66. The molecule has 2 N–H and O–H groups in total. The summed E-state index contributed by atoms with van der Waals surface area (Å²) in [4.78, 5) is 32.7. The zero-order valence-electron chi connectivity index (χ0n) is 23.3. The average molecular weight is 566 g/mol. The molecule has 40 heavy (non-hydrogen) atoms. The number of ether oxygens (including phenoxy) is 1. The molecule has 0 radical (unpaired) electrons. The first kappa shape index (κ1) is 29.0. The van der Waals surface area contributed by atoms with Crippen molar-refractivity contribution in [1.29, 1.82) is 0 Å². The molecule has 11 heteroatoms. The van der Waals surface area contributed by atoms with Gasteiger partial charge in [0, 0.05) is 42.3 Å². The molecule has 3 aromatic rings. The van der Waals surface area contributed by atoms with Gasteiger partial charge in [0.25, 0.3) is 5.56 Å². The van der Waals surface area contributed by atoms with Crippen molar-refractivity contribution in [3.63, 3.8) is 0 Å². The van der Waals surface area contributed by atoms with Gasteiger partial charge >= 0.3 is 0 Å². The van der Waals surface area contributed by atoms with Crippen LogP contribution in [0.4, 0.5) is 5.69 Å². The zero-order chi connectivity index (χ0) is 29.0. The largest absolute Gasteiger partial charge is 0.496 e. The standard InChI is InChI=1S/C29H35N5O5S/c1-5-9-33(10-6-2)28(35)21-14-24-25(32-27(30)17-21)15-20(16-26(24)39-3)19-7-8-23-22(13-19)18-31-34(29(23)36)11-12-40(4,37)38/h7-8,13-16,18H,5-6,9-12,17H2,1-4H3,(H2,30,32). The number of nitrogens with zero attached hydrogens (tertiary/aromatic N) is 4. The van der Waals surface area contributed by atoms with E-state index < -0.39 is 9.84 Å². The molecule has 0 unspecified atom stereocenters. The van der Waals surface area contributed by atoms with Crippen LogP contribution >= 0.6 is 0 Å². The highest BCUT2D eigenvalue weighted by atomic mass is 32.2. The minimum Gasteiger partial charge on any atom is -0.496 e. The van der Waals surface area contributed by atoms with Crippen molar-refractivity contribution in [1.82, 2.24) is 14.7 Å². The van der Waals surface area contributed by atoms with Gasteiger partial charge in [0.05, 0.1) is 36.7 Å². The second kappa shape index (κ2) is 12.0. The van der Waals surface area contributed by atoms with E-state index >= 15 is 0 Å². The summed E-state index contributed by atoms with van der Waals surface area (Å²) < 4.78 is 29.9. The zero-order valence-corrected chi connectivity index (χ0v) is 24.1. The highest BCUT2D eigenvalue weighted by Gasteiger charge is 2.23. The number of aliphatic imine (C=N–C) groups is 1. The molecule has 1 amide bonds. The number of aromatic nitrogens is 2. The smallest absolute Gasteiger partial charge is 0.274 e. The third kappa shape index (κ3) is 6.41. The number of methoxy groups -OCH3 is 1. The van der Waals surface area contributed by atoms with E-state index in [0.29, 0.717) is 52.3 Å². The lowest BCUT2D eigenvalue weighted by Gasteiger charge is -2.22. The van der Waals surface area contributed by atoms with Gasteiger partial charge in [0.2, 0.25) is 5.91 Å². The minimum absolute atomic E-state index is 0.0105. The molecule has 2 heterocycles. The molecule has 0 fully saturated rings. The van der Waals surface area contributed by atoms with Crippen molar-refractivity contribution < 1.29 is 17.9 Å². The number of carbonyl (C=O) groups is 1. The predicted octanol–water partition coefficient (Wildman–Crippen LogP) is 3.54. The lowest BCUT2D eigenvalue weighted by atomic mass is 9.98. The topological polar surface area (TPSA) is 137 Å². The monoisotopic (exact) mass is 565 g/mol. The maximum Gasteiger partial charge on any atom is 0.274 e. The van der Waals surface area contributed by atoms with Crippen molar-refractivity contribution in [2.45, 2.75) is 39.7 Å². The van der Waals surface area contributed by atoms with Gasteiger partial charge in [-0.2, -0.15) is 5.10 Å². The van der Waals surface area contributed by atoms with E-state index in [1.54, 1.807) is 19.4 Å². The van der Waals surface area contributed by atoms with Crippen LogP contribution in [0.3, 0.4) is 0 Å². The Labute approximate surface area is 234 Å². The maximum absolute atomic E-state index is 13.4. The number of amidine groups is 1. The second-order valence-corrected chi connectivity index (χ2v) is 12.2. The molecule has 212 valence electrons. The predicted molar refractivity (Wildman–Crippen MR) is 159 cm³/mol. The lowest BCUT2D eigenvalue weighted by molar-refractivity contribution is -0.127.